The highest BCUT2D eigenvalue weighted by atomic mass is 35.5. The van der Waals surface area contributed by atoms with Crippen LogP contribution in [0.2, 0.25) is 4.34 Å². The van der Waals surface area contributed by atoms with Crippen molar-refractivity contribution in [2.75, 3.05) is 11.5 Å². The maximum Gasteiger partial charge on any atom is 0.0931 e. The molecule has 0 spiro atoms. The topological polar surface area (TPSA) is 29.1 Å². The Hall–Kier alpha value is -0.200. The molecule has 0 amide bonds. The number of rotatable bonds is 4. The lowest BCUT2D eigenvalue weighted by molar-refractivity contribution is 0.447. The zero-order chi connectivity index (χ0) is 13.9. The van der Waals surface area contributed by atoms with E-state index in [0.717, 1.165) is 28.7 Å². The molecule has 0 aromatic carbocycles. The largest absolute Gasteiger partial charge is 0.302 e. The predicted octanol–water partition coefficient (Wildman–Crippen LogP) is 4.05. The van der Waals surface area contributed by atoms with Crippen molar-refractivity contribution in [3.8, 4) is 0 Å². The summed E-state index contributed by atoms with van der Waals surface area (Å²) in [6, 6.07) is 8.96. The molecule has 2 nitrogen and oxygen atoms in total. The molecule has 1 saturated heterocycles. The average Bonchev–Trinajstić information content (AvgIpc) is 3.09. The van der Waals surface area contributed by atoms with Gasteiger partial charge in [0.15, 0.2) is 0 Å². The Morgan fingerprint density at radius 2 is 2.05 bits per heavy atom. The van der Waals surface area contributed by atoms with E-state index in [1.165, 1.54) is 9.75 Å². The predicted molar refractivity (Wildman–Crippen MR) is 89.5 cm³/mol. The maximum atomic E-state index is 11.5. The van der Waals surface area contributed by atoms with Crippen LogP contribution in [0.3, 0.4) is 0 Å². The van der Waals surface area contributed by atoms with Gasteiger partial charge in [-0.3, -0.25) is 4.21 Å². The second kappa shape index (κ2) is 6.71. The number of thiophene rings is 2. The molecule has 3 heterocycles. The third-order valence-corrected chi connectivity index (χ3v) is 7.11. The summed E-state index contributed by atoms with van der Waals surface area (Å²) in [5.41, 5.74) is 0. The first kappa shape index (κ1) is 14.7. The van der Waals surface area contributed by atoms with E-state index in [0.29, 0.717) is 6.04 Å². The van der Waals surface area contributed by atoms with Crippen LogP contribution in [0, 0.1) is 0 Å². The molecule has 1 N–H and O–H groups in total. The fraction of sp³-hybridized carbons (Fsp3) is 0.429. The number of hydrogen-bond acceptors (Lipinski definition) is 4. The molecule has 1 aliphatic heterocycles. The third-order valence-electron chi connectivity index (χ3n) is 3.50. The van der Waals surface area contributed by atoms with Crippen LogP contribution >= 0.6 is 34.3 Å². The lowest BCUT2D eigenvalue weighted by Gasteiger charge is -2.27. The molecule has 0 saturated carbocycles. The summed E-state index contributed by atoms with van der Waals surface area (Å²) in [6.45, 7) is 0. The van der Waals surface area contributed by atoms with Crippen molar-refractivity contribution in [3.63, 3.8) is 0 Å². The van der Waals surface area contributed by atoms with Crippen LogP contribution in [0.15, 0.2) is 29.6 Å². The maximum absolute atomic E-state index is 11.5. The van der Waals surface area contributed by atoms with Gasteiger partial charge in [-0.1, -0.05) is 17.7 Å². The molecule has 3 rings (SSSR count). The third kappa shape index (κ3) is 3.52. The summed E-state index contributed by atoms with van der Waals surface area (Å²) in [4.78, 5) is 2.57. The molecule has 0 aliphatic carbocycles. The Balaban J connectivity index is 1.78. The summed E-state index contributed by atoms with van der Waals surface area (Å²) in [6.07, 6.45) is 1.99. The lowest BCUT2D eigenvalue weighted by Crippen LogP contribution is -2.38. The molecule has 0 radical (unpaired) electrons. The van der Waals surface area contributed by atoms with E-state index in [1.807, 2.05) is 6.07 Å². The highest BCUT2D eigenvalue weighted by molar-refractivity contribution is 7.85. The molecule has 2 aromatic rings. The van der Waals surface area contributed by atoms with Crippen molar-refractivity contribution in [1.29, 1.82) is 0 Å². The van der Waals surface area contributed by atoms with E-state index in [9.17, 15) is 4.21 Å². The summed E-state index contributed by atoms with van der Waals surface area (Å²) in [7, 11) is -0.609. The fourth-order valence-corrected chi connectivity index (χ4v) is 5.76. The van der Waals surface area contributed by atoms with Gasteiger partial charge in [0.1, 0.15) is 0 Å². The molecular formula is C14H16ClNOS3. The van der Waals surface area contributed by atoms with Crippen molar-refractivity contribution in [2.45, 2.75) is 24.9 Å². The van der Waals surface area contributed by atoms with Gasteiger partial charge in [0.05, 0.1) is 10.4 Å². The van der Waals surface area contributed by atoms with E-state index >= 15 is 0 Å². The van der Waals surface area contributed by atoms with Gasteiger partial charge in [0, 0.05) is 38.1 Å². The van der Waals surface area contributed by atoms with E-state index in [2.05, 4.69) is 28.9 Å². The van der Waals surface area contributed by atoms with Crippen molar-refractivity contribution in [2.24, 2.45) is 0 Å². The van der Waals surface area contributed by atoms with Gasteiger partial charge in [-0.2, -0.15) is 0 Å². The van der Waals surface area contributed by atoms with Crippen molar-refractivity contribution in [3.05, 3.63) is 43.7 Å². The Labute approximate surface area is 134 Å². The van der Waals surface area contributed by atoms with Crippen LogP contribution < -0.4 is 5.32 Å². The zero-order valence-corrected chi connectivity index (χ0v) is 14.1. The summed E-state index contributed by atoms with van der Waals surface area (Å²) >= 11 is 9.48. The van der Waals surface area contributed by atoms with Gasteiger partial charge in [0.25, 0.3) is 0 Å². The molecule has 20 heavy (non-hydrogen) atoms. The monoisotopic (exact) mass is 345 g/mol. The highest BCUT2D eigenvalue weighted by Gasteiger charge is 2.24. The van der Waals surface area contributed by atoms with Gasteiger partial charge in [-0.15, -0.1) is 22.7 Å². The first-order chi connectivity index (χ1) is 9.72. The number of hydrogen-bond donors (Lipinski definition) is 1. The molecule has 2 aromatic heterocycles. The standard InChI is InChI=1S/C14H16ClNOS3/c15-13-4-3-12(19-13)14(11-2-1-7-18-11)16-10-5-8-20(17)9-6-10/h1-4,7,10,14,16H,5-6,8-9H2. The highest BCUT2D eigenvalue weighted by Crippen LogP contribution is 2.34. The zero-order valence-electron chi connectivity index (χ0n) is 10.9. The van der Waals surface area contributed by atoms with Crippen molar-refractivity contribution < 1.29 is 4.21 Å². The summed E-state index contributed by atoms with van der Waals surface area (Å²) in [5.74, 6) is 1.64. The SMILES string of the molecule is O=S1CCC(NC(c2cccs2)c2ccc(Cl)s2)CC1. The van der Waals surface area contributed by atoms with Crippen LogP contribution in [0.25, 0.3) is 0 Å². The second-order valence-electron chi connectivity index (χ2n) is 4.88. The second-order valence-corrected chi connectivity index (χ2v) is 9.30. The Kier molecular flexibility index (Phi) is 4.94. The number of nitrogens with one attached hydrogen (secondary N) is 1. The lowest BCUT2D eigenvalue weighted by atomic mass is 10.1. The van der Waals surface area contributed by atoms with Gasteiger partial charge < -0.3 is 5.32 Å². The van der Waals surface area contributed by atoms with E-state index in [-0.39, 0.29) is 6.04 Å². The molecule has 1 atom stereocenters. The Bertz CT molecular complexity index is 571. The van der Waals surface area contributed by atoms with Gasteiger partial charge >= 0.3 is 0 Å². The smallest absolute Gasteiger partial charge is 0.0931 e. The van der Waals surface area contributed by atoms with Crippen LogP contribution in [-0.2, 0) is 10.8 Å². The first-order valence-corrected chi connectivity index (χ1v) is 10.2. The molecule has 108 valence electrons. The van der Waals surface area contributed by atoms with E-state index in [1.54, 1.807) is 22.7 Å². The first-order valence-electron chi connectivity index (χ1n) is 6.62. The molecule has 1 unspecified atom stereocenters. The average molecular weight is 346 g/mol. The Morgan fingerprint density at radius 1 is 1.25 bits per heavy atom. The Morgan fingerprint density at radius 3 is 2.65 bits per heavy atom. The van der Waals surface area contributed by atoms with E-state index < -0.39 is 10.8 Å². The molecular weight excluding hydrogens is 330 g/mol. The van der Waals surface area contributed by atoms with Gasteiger partial charge in [-0.25, -0.2) is 0 Å². The molecule has 0 bridgehead atoms. The van der Waals surface area contributed by atoms with Crippen LogP contribution in [0.5, 0.6) is 0 Å². The summed E-state index contributed by atoms with van der Waals surface area (Å²) < 4.78 is 12.3. The van der Waals surface area contributed by atoms with E-state index in [4.69, 9.17) is 11.6 Å². The molecule has 1 aliphatic rings. The number of halogens is 1. The van der Waals surface area contributed by atoms with Gasteiger partial charge in [-0.05, 0) is 36.4 Å². The molecule has 1 fully saturated rings. The van der Waals surface area contributed by atoms with Crippen molar-refractivity contribution >= 4 is 45.1 Å². The fourth-order valence-electron chi connectivity index (χ4n) is 2.44. The van der Waals surface area contributed by atoms with Crippen LogP contribution in [-0.4, -0.2) is 21.8 Å². The van der Waals surface area contributed by atoms with Crippen molar-refractivity contribution in [1.82, 2.24) is 5.32 Å². The normalized spacial score (nSPS) is 24.6. The van der Waals surface area contributed by atoms with Gasteiger partial charge in [0.2, 0.25) is 0 Å². The minimum Gasteiger partial charge on any atom is -0.302 e. The van der Waals surface area contributed by atoms with Crippen LogP contribution in [0.1, 0.15) is 28.6 Å². The minimum absolute atomic E-state index is 0.212. The molecule has 6 heteroatoms. The van der Waals surface area contributed by atoms with Crippen LogP contribution in [0.4, 0.5) is 0 Å². The minimum atomic E-state index is -0.609. The quantitative estimate of drug-likeness (QED) is 0.905. The summed E-state index contributed by atoms with van der Waals surface area (Å²) in [5, 5.41) is 5.84.